The van der Waals surface area contributed by atoms with E-state index < -0.39 is 5.97 Å². The van der Waals surface area contributed by atoms with E-state index in [0.717, 1.165) is 0 Å². The van der Waals surface area contributed by atoms with Crippen molar-refractivity contribution in [2.45, 2.75) is 13.3 Å². The van der Waals surface area contributed by atoms with Gasteiger partial charge in [0.15, 0.2) is 11.5 Å². The summed E-state index contributed by atoms with van der Waals surface area (Å²) >= 11 is 0. The lowest BCUT2D eigenvalue weighted by molar-refractivity contribution is 0.0596. The standard InChI is InChI=1S/C7H11N3O2/c1-3-4-9-5(6(8)10-4)7(11)12-2/h3,8H2,1-2H3,(H,9,10). The van der Waals surface area contributed by atoms with Gasteiger partial charge in [-0.25, -0.2) is 9.78 Å². The van der Waals surface area contributed by atoms with Gasteiger partial charge < -0.3 is 15.5 Å². The predicted octanol–water partition coefficient (Wildman–Crippen LogP) is 0.341. The first kappa shape index (κ1) is 8.58. The summed E-state index contributed by atoms with van der Waals surface area (Å²) in [6.07, 6.45) is 0.710. The Hall–Kier alpha value is -1.52. The largest absolute Gasteiger partial charge is 0.464 e. The summed E-state index contributed by atoms with van der Waals surface area (Å²) in [4.78, 5) is 17.7. The molecule has 1 rings (SSSR count). The number of hydrogen-bond acceptors (Lipinski definition) is 4. The fraction of sp³-hybridized carbons (Fsp3) is 0.429. The van der Waals surface area contributed by atoms with E-state index >= 15 is 0 Å². The van der Waals surface area contributed by atoms with Crippen molar-refractivity contribution in [3.8, 4) is 0 Å². The van der Waals surface area contributed by atoms with Crippen LogP contribution in [0.1, 0.15) is 23.2 Å². The van der Waals surface area contributed by atoms with Crippen molar-refractivity contribution >= 4 is 11.8 Å². The third-order valence-corrected chi connectivity index (χ3v) is 1.51. The predicted molar refractivity (Wildman–Crippen MR) is 43.7 cm³/mol. The highest BCUT2D eigenvalue weighted by molar-refractivity contribution is 5.92. The molecule has 0 radical (unpaired) electrons. The third kappa shape index (κ3) is 1.39. The lowest BCUT2D eigenvalue weighted by Crippen LogP contribution is -2.05. The van der Waals surface area contributed by atoms with Crippen LogP contribution < -0.4 is 5.73 Å². The first-order chi connectivity index (χ1) is 5.69. The van der Waals surface area contributed by atoms with Crippen molar-refractivity contribution in [3.05, 3.63) is 11.5 Å². The van der Waals surface area contributed by atoms with Gasteiger partial charge in [-0.2, -0.15) is 0 Å². The van der Waals surface area contributed by atoms with Gasteiger partial charge in [0.2, 0.25) is 0 Å². The Balaban J connectivity index is 2.99. The average Bonchev–Trinajstić information content (AvgIpc) is 2.45. The van der Waals surface area contributed by atoms with E-state index in [1.54, 1.807) is 0 Å². The minimum atomic E-state index is -0.486. The summed E-state index contributed by atoms with van der Waals surface area (Å²) in [5.74, 6) is 0.395. The molecule has 0 fully saturated rings. The van der Waals surface area contributed by atoms with Gasteiger partial charge >= 0.3 is 5.97 Å². The van der Waals surface area contributed by atoms with Gasteiger partial charge in [0.25, 0.3) is 0 Å². The summed E-state index contributed by atoms with van der Waals surface area (Å²) in [7, 11) is 1.30. The normalized spacial score (nSPS) is 9.83. The van der Waals surface area contributed by atoms with Gasteiger partial charge in [0, 0.05) is 6.42 Å². The minimum Gasteiger partial charge on any atom is -0.464 e. The molecule has 0 aliphatic carbocycles. The maximum atomic E-state index is 11.0. The van der Waals surface area contributed by atoms with Crippen molar-refractivity contribution in [1.82, 2.24) is 9.97 Å². The van der Waals surface area contributed by atoms with E-state index in [1.165, 1.54) is 7.11 Å². The van der Waals surface area contributed by atoms with Crippen molar-refractivity contribution in [1.29, 1.82) is 0 Å². The van der Waals surface area contributed by atoms with Crippen LogP contribution in [0, 0.1) is 0 Å². The van der Waals surface area contributed by atoms with Crippen LogP contribution in [0.15, 0.2) is 0 Å². The average molecular weight is 169 g/mol. The van der Waals surface area contributed by atoms with Gasteiger partial charge in [-0.3, -0.25) is 0 Å². The number of anilines is 1. The van der Waals surface area contributed by atoms with Crippen LogP contribution in [0.5, 0.6) is 0 Å². The Morgan fingerprint density at radius 3 is 2.83 bits per heavy atom. The number of nitrogens with one attached hydrogen (secondary N) is 1. The maximum Gasteiger partial charge on any atom is 0.358 e. The molecule has 0 aliphatic heterocycles. The molecule has 1 heterocycles. The summed E-state index contributed by atoms with van der Waals surface area (Å²) < 4.78 is 4.48. The first-order valence-electron chi connectivity index (χ1n) is 3.61. The number of aromatic nitrogens is 2. The topological polar surface area (TPSA) is 81.0 Å². The Morgan fingerprint density at radius 2 is 2.42 bits per heavy atom. The number of rotatable bonds is 2. The summed E-state index contributed by atoms with van der Waals surface area (Å²) in [6, 6.07) is 0. The zero-order valence-corrected chi connectivity index (χ0v) is 7.05. The van der Waals surface area contributed by atoms with Crippen LogP contribution in [0.3, 0.4) is 0 Å². The number of carbonyl (C=O) groups excluding carboxylic acids is 1. The second-order valence-electron chi connectivity index (χ2n) is 2.29. The molecule has 0 aromatic carbocycles. The molecule has 3 N–H and O–H groups in total. The summed E-state index contributed by atoms with van der Waals surface area (Å²) in [5.41, 5.74) is 5.68. The number of aromatic amines is 1. The van der Waals surface area contributed by atoms with Crippen molar-refractivity contribution < 1.29 is 9.53 Å². The number of H-pyrrole nitrogens is 1. The Bertz CT molecular complexity index is 293. The van der Waals surface area contributed by atoms with Gasteiger partial charge in [-0.1, -0.05) is 6.92 Å². The number of esters is 1. The molecule has 0 amide bonds. The molecular formula is C7H11N3O2. The molecule has 0 aliphatic rings. The number of imidazole rings is 1. The zero-order chi connectivity index (χ0) is 9.14. The number of nitrogen functional groups attached to an aromatic ring is 1. The highest BCUT2D eigenvalue weighted by Gasteiger charge is 2.14. The minimum absolute atomic E-state index is 0.193. The first-order valence-corrected chi connectivity index (χ1v) is 3.61. The number of hydrogen-bond donors (Lipinski definition) is 2. The summed E-state index contributed by atoms with van der Waals surface area (Å²) in [5, 5.41) is 0. The quantitative estimate of drug-likeness (QED) is 0.625. The second kappa shape index (κ2) is 3.25. The number of methoxy groups -OCH3 is 1. The second-order valence-corrected chi connectivity index (χ2v) is 2.29. The molecule has 0 atom stereocenters. The molecule has 12 heavy (non-hydrogen) atoms. The Labute approximate surface area is 69.9 Å². The zero-order valence-electron chi connectivity index (χ0n) is 7.05. The van der Waals surface area contributed by atoms with E-state index in [9.17, 15) is 4.79 Å². The fourth-order valence-corrected chi connectivity index (χ4v) is 0.863. The number of carbonyl (C=O) groups is 1. The molecule has 0 saturated heterocycles. The van der Waals surface area contributed by atoms with Crippen LogP contribution >= 0.6 is 0 Å². The fourth-order valence-electron chi connectivity index (χ4n) is 0.863. The smallest absolute Gasteiger partial charge is 0.358 e. The Morgan fingerprint density at radius 1 is 1.75 bits per heavy atom. The van der Waals surface area contributed by atoms with E-state index in [-0.39, 0.29) is 11.5 Å². The number of nitrogens with two attached hydrogens (primary N) is 1. The van der Waals surface area contributed by atoms with Crippen LogP contribution in [0.4, 0.5) is 5.82 Å². The molecule has 0 spiro atoms. The van der Waals surface area contributed by atoms with E-state index in [1.807, 2.05) is 6.92 Å². The number of ether oxygens (including phenoxy) is 1. The monoisotopic (exact) mass is 169 g/mol. The van der Waals surface area contributed by atoms with Gasteiger partial charge in [-0.15, -0.1) is 0 Å². The van der Waals surface area contributed by atoms with Crippen molar-refractivity contribution in [2.24, 2.45) is 0 Å². The lowest BCUT2D eigenvalue weighted by atomic mass is 10.4. The SMILES string of the molecule is CCc1nc(N)c(C(=O)OC)[nH]1. The van der Waals surface area contributed by atoms with E-state index in [0.29, 0.717) is 12.2 Å². The van der Waals surface area contributed by atoms with Crippen LogP contribution in [0.25, 0.3) is 0 Å². The Kier molecular flexibility index (Phi) is 2.32. The van der Waals surface area contributed by atoms with Crippen LogP contribution in [-0.2, 0) is 11.2 Å². The number of nitrogens with zero attached hydrogens (tertiary/aromatic N) is 1. The third-order valence-electron chi connectivity index (χ3n) is 1.51. The van der Waals surface area contributed by atoms with Crippen LogP contribution in [0.2, 0.25) is 0 Å². The van der Waals surface area contributed by atoms with Crippen molar-refractivity contribution in [3.63, 3.8) is 0 Å². The molecule has 0 bridgehead atoms. The molecule has 1 aromatic rings. The highest BCUT2D eigenvalue weighted by Crippen LogP contribution is 2.09. The highest BCUT2D eigenvalue weighted by atomic mass is 16.5. The van der Waals surface area contributed by atoms with Gasteiger partial charge in [0.1, 0.15) is 5.82 Å². The lowest BCUT2D eigenvalue weighted by Gasteiger charge is -1.94. The molecule has 1 aromatic heterocycles. The molecule has 0 saturated carbocycles. The van der Waals surface area contributed by atoms with E-state index in [2.05, 4.69) is 14.7 Å². The molecular weight excluding hydrogens is 158 g/mol. The van der Waals surface area contributed by atoms with Gasteiger partial charge in [0.05, 0.1) is 7.11 Å². The van der Waals surface area contributed by atoms with E-state index in [4.69, 9.17) is 5.73 Å². The number of aryl methyl sites for hydroxylation is 1. The maximum absolute atomic E-state index is 11.0. The summed E-state index contributed by atoms with van der Waals surface area (Å²) in [6.45, 7) is 1.92. The van der Waals surface area contributed by atoms with Crippen LogP contribution in [-0.4, -0.2) is 23.0 Å². The molecule has 0 unspecified atom stereocenters. The van der Waals surface area contributed by atoms with Crippen molar-refractivity contribution in [2.75, 3.05) is 12.8 Å². The molecule has 5 nitrogen and oxygen atoms in total. The molecule has 66 valence electrons. The van der Waals surface area contributed by atoms with Gasteiger partial charge in [-0.05, 0) is 0 Å². The molecule has 5 heteroatoms.